The van der Waals surface area contributed by atoms with E-state index in [1.54, 1.807) is 18.2 Å². The Kier molecular flexibility index (Phi) is 5.29. The van der Waals surface area contributed by atoms with E-state index in [1.165, 1.54) is 19.4 Å². The number of rotatable bonds is 6. The number of carbonyl (C=O) groups excluding carboxylic acids is 1. The van der Waals surface area contributed by atoms with E-state index in [1.807, 2.05) is 0 Å². The lowest BCUT2D eigenvalue weighted by Gasteiger charge is -2.09. The number of ether oxygens (including phenoxy) is 2. The van der Waals surface area contributed by atoms with Crippen molar-refractivity contribution in [2.45, 2.75) is 19.0 Å². The molecule has 0 aliphatic heterocycles. The third-order valence-electron chi connectivity index (χ3n) is 3.79. The summed E-state index contributed by atoms with van der Waals surface area (Å²) in [5.74, 6) is 0.562. The number of aromatic nitrogens is 1. The number of nitrogens with zero attached hydrogens (tertiary/aromatic N) is 2. The summed E-state index contributed by atoms with van der Waals surface area (Å²) in [4.78, 5) is 15.4. The molecule has 142 valence electrons. The van der Waals surface area contributed by atoms with Gasteiger partial charge in [-0.05, 0) is 48.7 Å². The van der Waals surface area contributed by atoms with Gasteiger partial charge in [0.05, 0.1) is 24.8 Å². The van der Waals surface area contributed by atoms with Gasteiger partial charge in [0.15, 0.2) is 11.5 Å². The lowest BCUT2D eigenvalue weighted by Crippen LogP contribution is -2.10. The normalized spacial score (nSPS) is 14.2. The third-order valence-corrected chi connectivity index (χ3v) is 3.79. The highest BCUT2D eigenvalue weighted by Gasteiger charge is 2.32. The number of carbonyl (C=O) groups is 1. The summed E-state index contributed by atoms with van der Waals surface area (Å²) in [7, 11) is 1.45. The Morgan fingerprint density at radius 1 is 1.26 bits per heavy atom. The monoisotopic (exact) mass is 379 g/mol. The Balaban J connectivity index is 1.63. The van der Waals surface area contributed by atoms with Crippen LogP contribution in [0.3, 0.4) is 0 Å². The minimum absolute atomic E-state index is 0.0311. The highest BCUT2D eigenvalue weighted by molar-refractivity contribution is 5.82. The van der Waals surface area contributed by atoms with Gasteiger partial charge in [-0.25, -0.2) is 4.98 Å². The third kappa shape index (κ3) is 4.96. The molecule has 0 unspecified atom stereocenters. The van der Waals surface area contributed by atoms with E-state index >= 15 is 0 Å². The van der Waals surface area contributed by atoms with Crippen molar-refractivity contribution in [3.63, 3.8) is 0 Å². The first-order valence-electron chi connectivity index (χ1n) is 8.09. The molecule has 0 amide bonds. The van der Waals surface area contributed by atoms with Crippen molar-refractivity contribution in [3.05, 3.63) is 47.7 Å². The lowest BCUT2D eigenvalue weighted by molar-refractivity contribution is -0.138. The molecule has 27 heavy (non-hydrogen) atoms. The molecule has 1 heterocycles. The van der Waals surface area contributed by atoms with Crippen LogP contribution >= 0.6 is 0 Å². The van der Waals surface area contributed by atoms with E-state index < -0.39 is 11.7 Å². The number of pyridine rings is 1. The molecule has 1 N–H and O–H groups in total. The van der Waals surface area contributed by atoms with E-state index in [9.17, 15) is 18.0 Å². The number of hydrazone groups is 1. The van der Waals surface area contributed by atoms with Crippen molar-refractivity contribution in [2.24, 2.45) is 11.0 Å². The molecule has 0 radical (unpaired) electrons. The molecule has 1 aliphatic rings. The van der Waals surface area contributed by atoms with Gasteiger partial charge < -0.3 is 9.47 Å². The number of nitrogens with one attached hydrogen (secondary N) is 1. The number of halogens is 3. The van der Waals surface area contributed by atoms with Crippen LogP contribution in [-0.2, 0) is 11.0 Å². The van der Waals surface area contributed by atoms with Gasteiger partial charge >= 0.3 is 12.1 Å². The van der Waals surface area contributed by atoms with Gasteiger partial charge in [0.2, 0.25) is 0 Å². The van der Waals surface area contributed by atoms with Crippen LogP contribution in [0.2, 0.25) is 0 Å². The Labute approximate surface area is 153 Å². The molecule has 0 atom stereocenters. The first-order chi connectivity index (χ1) is 12.9. The lowest BCUT2D eigenvalue weighted by atomic mass is 10.2. The summed E-state index contributed by atoms with van der Waals surface area (Å²) < 4.78 is 48.0. The fourth-order valence-corrected chi connectivity index (χ4v) is 2.16. The van der Waals surface area contributed by atoms with E-state index in [0.29, 0.717) is 17.1 Å². The summed E-state index contributed by atoms with van der Waals surface area (Å²) in [6, 6.07) is 6.99. The fourth-order valence-electron chi connectivity index (χ4n) is 2.16. The maximum absolute atomic E-state index is 12.5. The van der Waals surface area contributed by atoms with Crippen LogP contribution in [0.15, 0.2) is 41.6 Å². The molecule has 1 fully saturated rings. The standard InChI is InChI=1S/C18H16F3N3O3/c1-26-15-8-11(2-6-14(15)27-17(25)12-3-4-12)9-23-24-16-7-5-13(10-22-16)18(19,20)21/h2,5-10,12H,3-4H2,1H3,(H,22,24)/b23-9-. The van der Waals surface area contributed by atoms with Gasteiger partial charge in [-0.15, -0.1) is 0 Å². The Bertz CT molecular complexity index is 847. The zero-order chi connectivity index (χ0) is 19.4. The van der Waals surface area contributed by atoms with Crippen LogP contribution in [0.4, 0.5) is 19.0 Å². The average Bonchev–Trinajstić information content (AvgIpc) is 3.47. The summed E-state index contributed by atoms with van der Waals surface area (Å²) in [6.45, 7) is 0. The summed E-state index contributed by atoms with van der Waals surface area (Å²) in [5, 5.41) is 3.93. The molecule has 0 spiro atoms. The highest BCUT2D eigenvalue weighted by Crippen LogP contribution is 2.34. The minimum atomic E-state index is -4.43. The highest BCUT2D eigenvalue weighted by atomic mass is 19.4. The molecule has 2 aromatic rings. The number of benzene rings is 1. The topological polar surface area (TPSA) is 72.8 Å². The van der Waals surface area contributed by atoms with Gasteiger partial charge in [0.1, 0.15) is 5.82 Å². The molecule has 1 aromatic heterocycles. The van der Waals surface area contributed by atoms with Crippen LogP contribution in [0.25, 0.3) is 0 Å². The van der Waals surface area contributed by atoms with E-state index in [0.717, 1.165) is 25.1 Å². The Morgan fingerprint density at radius 2 is 2.04 bits per heavy atom. The maximum atomic E-state index is 12.5. The van der Waals surface area contributed by atoms with Crippen LogP contribution in [0, 0.1) is 5.92 Å². The van der Waals surface area contributed by atoms with Crippen molar-refractivity contribution < 1.29 is 27.4 Å². The number of methoxy groups -OCH3 is 1. The van der Waals surface area contributed by atoms with Crippen LogP contribution in [-0.4, -0.2) is 24.3 Å². The summed E-state index contributed by atoms with van der Waals surface area (Å²) >= 11 is 0. The van der Waals surface area contributed by atoms with Gasteiger partial charge in [-0.2, -0.15) is 18.3 Å². The predicted molar refractivity (Wildman–Crippen MR) is 91.8 cm³/mol. The second kappa shape index (κ2) is 7.65. The molecule has 3 rings (SSSR count). The second-order valence-electron chi connectivity index (χ2n) is 5.91. The first kappa shape index (κ1) is 18.7. The molecule has 1 saturated carbocycles. The number of hydrogen-bond acceptors (Lipinski definition) is 6. The Hall–Kier alpha value is -3.10. The SMILES string of the molecule is COc1cc(/C=N\Nc2ccc(C(F)(F)F)cn2)ccc1OC(=O)C1CC1. The van der Waals surface area contributed by atoms with Crippen molar-refractivity contribution in [3.8, 4) is 11.5 Å². The number of hydrogen-bond donors (Lipinski definition) is 1. The second-order valence-corrected chi connectivity index (χ2v) is 5.91. The summed E-state index contributed by atoms with van der Waals surface area (Å²) in [5.41, 5.74) is 2.35. The zero-order valence-corrected chi connectivity index (χ0v) is 14.3. The van der Waals surface area contributed by atoms with E-state index in [4.69, 9.17) is 9.47 Å². The number of alkyl halides is 3. The zero-order valence-electron chi connectivity index (χ0n) is 14.3. The average molecular weight is 379 g/mol. The van der Waals surface area contributed by atoms with E-state index in [2.05, 4.69) is 15.5 Å². The summed E-state index contributed by atoms with van der Waals surface area (Å²) in [6.07, 6.45) is -0.584. The molecular formula is C18H16F3N3O3. The predicted octanol–water partition coefficient (Wildman–Crippen LogP) is 3.87. The van der Waals surface area contributed by atoms with Crippen molar-refractivity contribution >= 4 is 18.0 Å². The first-order valence-corrected chi connectivity index (χ1v) is 8.09. The molecule has 0 saturated heterocycles. The van der Waals surface area contributed by atoms with Crippen molar-refractivity contribution in [1.29, 1.82) is 0 Å². The smallest absolute Gasteiger partial charge is 0.417 e. The van der Waals surface area contributed by atoms with Crippen LogP contribution in [0.5, 0.6) is 11.5 Å². The molecular weight excluding hydrogens is 363 g/mol. The van der Waals surface area contributed by atoms with Crippen molar-refractivity contribution in [1.82, 2.24) is 4.98 Å². The van der Waals surface area contributed by atoms with Gasteiger partial charge in [-0.3, -0.25) is 10.2 Å². The number of esters is 1. The molecule has 1 aromatic carbocycles. The van der Waals surface area contributed by atoms with Gasteiger partial charge in [0, 0.05) is 6.20 Å². The molecule has 6 nitrogen and oxygen atoms in total. The molecule has 1 aliphatic carbocycles. The maximum Gasteiger partial charge on any atom is 0.417 e. The largest absolute Gasteiger partial charge is 0.493 e. The van der Waals surface area contributed by atoms with Gasteiger partial charge in [0.25, 0.3) is 0 Å². The Morgan fingerprint density at radius 3 is 2.63 bits per heavy atom. The van der Waals surface area contributed by atoms with Crippen LogP contribution < -0.4 is 14.9 Å². The number of anilines is 1. The minimum Gasteiger partial charge on any atom is -0.493 e. The molecule has 9 heteroatoms. The van der Waals surface area contributed by atoms with Crippen molar-refractivity contribution in [2.75, 3.05) is 12.5 Å². The fraction of sp³-hybridized carbons (Fsp3) is 0.278. The van der Waals surface area contributed by atoms with E-state index in [-0.39, 0.29) is 17.7 Å². The van der Waals surface area contributed by atoms with Crippen LogP contribution in [0.1, 0.15) is 24.0 Å². The molecule has 0 bridgehead atoms. The van der Waals surface area contributed by atoms with Gasteiger partial charge in [-0.1, -0.05) is 0 Å². The quantitative estimate of drug-likeness (QED) is 0.357.